The van der Waals surface area contributed by atoms with Gasteiger partial charge in [0.15, 0.2) is 23.9 Å². The largest absolute Gasteiger partial charge is 0.756 e. The van der Waals surface area contributed by atoms with Gasteiger partial charge in [-0.15, -0.1) is 0 Å². The van der Waals surface area contributed by atoms with Gasteiger partial charge in [0.05, 0.1) is 25.5 Å². The van der Waals surface area contributed by atoms with Crippen LogP contribution in [0.15, 0.2) is 17.6 Å². The Bertz CT molecular complexity index is 1310. The van der Waals surface area contributed by atoms with Gasteiger partial charge in [0.2, 0.25) is 0 Å². The van der Waals surface area contributed by atoms with E-state index in [1.807, 2.05) is 0 Å². The minimum Gasteiger partial charge on any atom is -0.756 e. The summed E-state index contributed by atoms with van der Waals surface area (Å²) in [5, 5.41) is 47.1. The zero-order valence-corrected chi connectivity index (χ0v) is 20.7. The first-order chi connectivity index (χ1) is 17.8. The van der Waals surface area contributed by atoms with Gasteiger partial charge in [0.1, 0.15) is 48.5 Å². The van der Waals surface area contributed by atoms with Crippen molar-refractivity contribution >= 4 is 38.6 Å². The molecular weight excluding hydrogens is 560 g/mol. The number of hydrogen-bond acceptors (Lipinski definition) is 18. The number of nitrogen functional groups attached to an aromatic ring is 1. The van der Waals surface area contributed by atoms with Crippen molar-refractivity contribution in [2.45, 2.75) is 49.1 Å². The maximum absolute atomic E-state index is 12.2. The van der Waals surface area contributed by atoms with Crippen molar-refractivity contribution in [3.05, 3.63) is 12.7 Å². The van der Waals surface area contributed by atoms with Gasteiger partial charge in [0.25, 0.3) is 7.82 Å². The molecule has 2 unspecified atom stereocenters. The van der Waals surface area contributed by atoms with Gasteiger partial charge < -0.3 is 49.9 Å². The van der Waals surface area contributed by atoms with E-state index in [1.54, 1.807) is 6.01 Å². The summed E-state index contributed by atoms with van der Waals surface area (Å²) >= 11 is 0. The molecule has 0 radical (unpaired) electrons. The van der Waals surface area contributed by atoms with Crippen LogP contribution in [0.1, 0.15) is 6.23 Å². The molecule has 210 valence electrons. The first-order valence-electron chi connectivity index (χ1n) is 10.6. The fourth-order valence-electron chi connectivity index (χ4n) is 3.70. The summed E-state index contributed by atoms with van der Waals surface area (Å²) in [4.78, 5) is 36.9. The Balaban J connectivity index is 1.33. The Morgan fingerprint density at radius 2 is 1.74 bits per heavy atom. The monoisotopic (exact) mass is 582 g/mol. The third-order valence-electron chi connectivity index (χ3n) is 5.53. The predicted molar refractivity (Wildman–Crippen MR) is 117 cm³/mol. The van der Waals surface area contributed by atoms with E-state index < -0.39 is 77.9 Å². The quantitative estimate of drug-likeness (QED) is 0.107. The van der Waals surface area contributed by atoms with Crippen molar-refractivity contribution in [1.82, 2.24) is 19.5 Å². The van der Waals surface area contributed by atoms with Crippen LogP contribution in [0.3, 0.4) is 0 Å². The number of fused-ring (bicyclic) bond motifs is 1. The Hall–Kier alpha value is -2.25. The molecule has 4 heterocycles. The maximum Gasteiger partial charge on any atom is 0.478 e. The van der Waals surface area contributed by atoms with E-state index in [4.69, 9.17) is 20.6 Å². The number of phosphoric ester groups is 2. The molecular formula is C16H22N7O13P2-. The van der Waals surface area contributed by atoms with Crippen LogP contribution in [0.2, 0.25) is 0 Å². The Kier molecular flexibility index (Phi) is 8.39. The smallest absolute Gasteiger partial charge is 0.478 e. The number of aliphatic hydroxyl groups excluding tert-OH is 4. The summed E-state index contributed by atoms with van der Waals surface area (Å²) in [6.45, 7) is -1.86. The molecule has 0 saturated carbocycles. The Morgan fingerprint density at radius 3 is 2.45 bits per heavy atom. The SMILES string of the molecule is N=C=N[C@@H]1O[C@H](COP(=O)([O-])OP(=O)(O)OC[C@H]2O[C@@H](n3cnc4c(N)ncnc43)[C@H](O)[C@@H]2O)[C@@H](O)[C@H]1O. The van der Waals surface area contributed by atoms with Gasteiger partial charge >= 0.3 is 7.82 Å². The number of aromatic nitrogens is 4. The van der Waals surface area contributed by atoms with Gasteiger partial charge in [-0.3, -0.25) is 13.7 Å². The van der Waals surface area contributed by atoms with Gasteiger partial charge in [-0.25, -0.2) is 29.2 Å². The molecule has 2 aliphatic rings. The number of nitrogens with one attached hydrogen (secondary N) is 1. The second kappa shape index (κ2) is 11.1. The van der Waals surface area contributed by atoms with Crippen LogP contribution in [0.5, 0.6) is 0 Å². The summed E-state index contributed by atoms with van der Waals surface area (Å²) in [5.74, 6) is 0.0502. The number of phosphoric acid groups is 2. The van der Waals surface area contributed by atoms with Crippen molar-refractivity contribution in [3.8, 4) is 0 Å². The summed E-state index contributed by atoms with van der Waals surface area (Å²) < 4.78 is 49.1. The molecule has 0 bridgehead atoms. The van der Waals surface area contributed by atoms with Crippen molar-refractivity contribution in [1.29, 1.82) is 5.41 Å². The molecule has 20 nitrogen and oxygen atoms in total. The lowest BCUT2D eigenvalue weighted by Gasteiger charge is -2.26. The maximum atomic E-state index is 12.2. The van der Waals surface area contributed by atoms with Crippen molar-refractivity contribution < 1.29 is 62.2 Å². The molecule has 4 rings (SSSR count). The number of aliphatic imine (C=N–C) groups is 1. The number of nitrogens with zero attached hydrogens (tertiary/aromatic N) is 5. The van der Waals surface area contributed by atoms with Gasteiger partial charge in [-0.2, -0.15) is 4.99 Å². The molecule has 8 N–H and O–H groups in total. The first kappa shape index (κ1) is 28.8. The lowest BCUT2D eigenvalue weighted by Crippen LogP contribution is -2.34. The topological polar surface area (TPSA) is 310 Å². The average molecular weight is 582 g/mol. The van der Waals surface area contributed by atoms with Crippen molar-refractivity contribution in [2.75, 3.05) is 18.9 Å². The first-order valence-corrected chi connectivity index (χ1v) is 13.5. The van der Waals surface area contributed by atoms with E-state index in [2.05, 4.69) is 33.3 Å². The van der Waals surface area contributed by atoms with Crippen LogP contribution in [0, 0.1) is 5.41 Å². The van der Waals surface area contributed by atoms with Crippen LogP contribution in [0.25, 0.3) is 11.2 Å². The van der Waals surface area contributed by atoms with Crippen LogP contribution in [-0.4, -0.2) is 107 Å². The van der Waals surface area contributed by atoms with Gasteiger partial charge in [0, 0.05) is 0 Å². The molecule has 2 fully saturated rings. The molecule has 2 aliphatic heterocycles. The second-order valence-corrected chi connectivity index (χ2v) is 11.0. The number of hydrogen-bond donors (Lipinski definition) is 7. The summed E-state index contributed by atoms with van der Waals surface area (Å²) in [5.41, 5.74) is 6.07. The van der Waals surface area contributed by atoms with Gasteiger partial charge in [-0.1, -0.05) is 0 Å². The Labute approximate surface area is 212 Å². The minimum absolute atomic E-state index is 0.0502. The number of nitrogens with two attached hydrogens (primary N) is 1. The molecule has 2 aromatic rings. The highest BCUT2D eigenvalue weighted by molar-refractivity contribution is 7.60. The van der Waals surface area contributed by atoms with Crippen LogP contribution in [-0.2, 0) is 32.0 Å². The third-order valence-corrected chi connectivity index (χ3v) is 8.10. The van der Waals surface area contributed by atoms with Gasteiger partial charge in [-0.05, 0) is 0 Å². The van der Waals surface area contributed by atoms with E-state index in [0.717, 1.165) is 6.33 Å². The van der Waals surface area contributed by atoms with E-state index in [-0.39, 0.29) is 17.0 Å². The van der Waals surface area contributed by atoms with Crippen LogP contribution < -0.4 is 10.6 Å². The molecule has 0 aromatic carbocycles. The number of anilines is 1. The molecule has 22 heteroatoms. The zero-order chi connectivity index (χ0) is 27.8. The highest BCUT2D eigenvalue weighted by Gasteiger charge is 2.46. The minimum atomic E-state index is -5.56. The molecule has 2 aromatic heterocycles. The number of imidazole rings is 1. The fraction of sp³-hybridized carbons (Fsp3) is 0.625. The fourth-order valence-corrected chi connectivity index (χ4v) is 5.75. The van der Waals surface area contributed by atoms with E-state index in [1.165, 1.54) is 10.9 Å². The molecule has 10 atom stereocenters. The molecule has 0 aliphatic carbocycles. The number of ether oxygens (including phenoxy) is 2. The second-order valence-electron chi connectivity index (χ2n) is 8.01. The summed E-state index contributed by atoms with van der Waals surface area (Å²) in [7, 11) is -10.9. The average Bonchev–Trinajstić information content (AvgIpc) is 3.48. The van der Waals surface area contributed by atoms with Crippen molar-refractivity contribution in [2.24, 2.45) is 4.99 Å². The lowest BCUT2D eigenvalue weighted by atomic mass is 10.1. The predicted octanol–water partition coefficient (Wildman–Crippen LogP) is -3.15. The Morgan fingerprint density at radius 1 is 1.08 bits per heavy atom. The van der Waals surface area contributed by atoms with E-state index in [9.17, 15) is 39.3 Å². The molecule has 0 spiro atoms. The summed E-state index contributed by atoms with van der Waals surface area (Å²) in [6.07, 6.45) is -9.72. The summed E-state index contributed by atoms with van der Waals surface area (Å²) in [6, 6.07) is 1.60. The highest BCUT2D eigenvalue weighted by Crippen LogP contribution is 2.58. The normalized spacial score (nSPS) is 34.6. The third kappa shape index (κ3) is 5.99. The van der Waals surface area contributed by atoms with E-state index >= 15 is 0 Å². The zero-order valence-electron chi connectivity index (χ0n) is 18.9. The molecule has 2 saturated heterocycles. The molecule has 0 amide bonds. The lowest BCUT2D eigenvalue weighted by molar-refractivity contribution is -0.221. The van der Waals surface area contributed by atoms with Crippen LogP contribution in [0.4, 0.5) is 5.82 Å². The highest BCUT2D eigenvalue weighted by atomic mass is 31.3. The number of aliphatic hydroxyl groups is 4. The standard InChI is InChI=1S/C16H23N7O13P2/c17-3-19-15-11(26)9(24)6(34-15)1-32-37(28,29)36-38(30,31)33-2-7-10(25)12(27)16(35-7)23-5-22-8-13(18)20-4-21-14(8)23/h4-7,9-12,15-17,24-27H,1-2H2,(H,28,29)(H,30,31)(H2,18,20,21)/p-1/t6-,7-,9-,10-,11-,12-,15-,16-/m1/s1. The number of rotatable bonds is 10. The van der Waals surface area contributed by atoms with E-state index in [0.29, 0.717) is 0 Å². The van der Waals surface area contributed by atoms with Crippen LogP contribution >= 0.6 is 15.6 Å². The molecule has 38 heavy (non-hydrogen) atoms. The van der Waals surface area contributed by atoms with Crippen molar-refractivity contribution in [3.63, 3.8) is 0 Å².